The lowest BCUT2D eigenvalue weighted by atomic mass is 9.97. The van der Waals surface area contributed by atoms with Gasteiger partial charge >= 0.3 is 0 Å². The molecule has 1 heterocycles. The molecule has 2 N–H and O–H groups in total. The second kappa shape index (κ2) is 11.5. The van der Waals surface area contributed by atoms with Gasteiger partial charge in [0.2, 0.25) is 0 Å². The van der Waals surface area contributed by atoms with Crippen molar-refractivity contribution in [1.82, 2.24) is 4.90 Å². The van der Waals surface area contributed by atoms with Crippen LogP contribution in [-0.4, -0.2) is 41.8 Å². The number of ketones is 1. The Morgan fingerprint density at radius 1 is 0.842 bits per heavy atom. The zero-order chi connectivity index (χ0) is 26.5. The van der Waals surface area contributed by atoms with Crippen molar-refractivity contribution >= 4 is 11.7 Å². The number of rotatable bonds is 8. The lowest BCUT2D eigenvalue weighted by Gasteiger charge is -2.24. The summed E-state index contributed by atoms with van der Waals surface area (Å²) >= 11 is 0. The molecule has 38 heavy (non-hydrogen) atoms. The fraction of sp³-hybridized carbons (Fsp3) is 0.188. The number of ether oxygens (including phenoxy) is 1. The summed E-state index contributed by atoms with van der Waals surface area (Å²) in [6, 6.07) is 30.1. The highest BCUT2D eigenvalue weighted by Gasteiger charge is 2.36. The third-order valence-corrected chi connectivity index (χ3v) is 6.99. The van der Waals surface area contributed by atoms with Gasteiger partial charge in [-0.05, 0) is 53.4 Å². The highest BCUT2D eigenvalue weighted by atomic mass is 19.1. The van der Waals surface area contributed by atoms with Crippen LogP contribution < -0.4 is 5.73 Å². The largest absolute Gasteiger partial charge is 0.372 e. The third-order valence-electron chi connectivity index (χ3n) is 6.99. The van der Waals surface area contributed by atoms with Gasteiger partial charge in [-0.1, -0.05) is 72.8 Å². The molecule has 2 atom stereocenters. The first-order valence-corrected chi connectivity index (χ1v) is 12.7. The minimum atomic E-state index is -0.425. The van der Waals surface area contributed by atoms with Gasteiger partial charge in [-0.15, -0.1) is 0 Å². The maximum Gasteiger partial charge on any atom is 0.254 e. The summed E-state index contributed by atoms with van der Waals surface area (Å²) in [6.45, 7) is 1.09. The van der Waals surface area contributed by atoms with Crippen LogP contribution in [0, 0.1) is 5.82 Å². The molecule has 1 fully saturated rings. The van der Waals surface area contributed by atoms with E-state index in [1.54, 1.807) is 29.2 Å². The normalized spacial score (nSPS) is 16.9. The van der Waals surface area contributed by atoms with Crippen molar-refractivity contribution in [3.8, 4) is 11.1 Å². The number of halogens is 1. The van der Waals surface area contributed by atoms with E-state index in [-0.39, 0.29) is 29.4 Å². The maximum atomic E-state index is 13.7. The van der Waals surface area contributed by atoms with E-state index in [2.05, 4.69) is 24.3 Å². The van der Waals surface area contributed by atoms with E-state index in [9.17, 15) is 14.0 Å². The summed E-state index contributed by atoms with van der Waals surface area (Å²) in [5.41, 5.74) is 10.3. The minimum absolute atomic E-state index is 0.184. The lowest BCUT2D eigenvalue weighted by molar-refractivity contribution is 0.0439. The van der Waals surface area contributed by atoms with E-state index in [4.69, 9.17) is 10.5 Å². The number of hydrogen-bond acceptors (Lipinski definition) is 4. The molecular weight excluding hydrogens is 479 g/mol. The molecule has 192 valence electrons. The van der Waals surface area contributed by atoms with E-state index < -0.39 is 5.82 Å². The van der Waals surface area contributed by atoms with Crippen molar-refractivity contribution in [1.29, 1.82) is 0 Å². The predicted molar refractivity (Wildman–Crippen MR) is 145 cm³/mol. The van der Waals surface area contributed by atoms with Crippen LogP contribution in [-0.2, 0) is 11.3 Å². The SMILES string of the molecule is NC[C@@H]1C[C@@H](OCc2ccccc2-c2ccccc2)CN1C(=O)c1ccccc1C(=O)c1ccc(F)cc1. The number of hydrogen-bond donors (Lipinski definition) is 1. The van der Waals surface area contributed by atoms with Crippen molar-refractivity contribution in [3.05, 3.63) is 131 Å². The molecule has 0 aliphatic carbocycles. The quantitative estimate of drug-likeness (QED) is 0.320. The minimum Gasteiger partial charge on any atom is -0.372 e. The van der Waals surface area contributed by atoms with Gasteiger partial charge in [0.1, 0.15) is 5.82 Å². The zero-order valence-electron chi connectivity index (χ0n) is 20.9. The fourth-order valence-electron chi connectivity index (χ4n) is 5.00. The number of amides is 1. The van der Waals surface area contributed by atoms with Crippen LogP contribution in [0.25, 0.3) is 11.1 Å². The van der Waals surface area contributed by atoms with Crippen LogP contribution in [0.4, 0.5) is 4.39 Å². The van der Waals surface area contributed by atoms with Crippen molar-refractivity contribution < 1.29 is 18.7 Å². The molecule has 0 aromatic heterocycles. The van der Waals surface area contributed by atoms with Gasteiger partial charge in [-0.25, -0.2) is 4.39 Å². The Morgan fingerprint density at radius 2 is 1.50 bits per heavy atom. The molecule has 0 saturated carbocycles. The first-order valence-electron chi connectivity index (χ1n) is 12.7. The molecule has 1 aliphatic rings. The highest BCUT2D eigenvalue weighted by Crippen LogP contribution is 2.28. The molecule has 0 bridgehead atoms. The number of carbonyl (C=O) groups excluding carboxylic acids is 2. The van der Waals surface area contributed by atoms with Gasteiger partial charge in [-0.3, -0.25) is 9.59 Å². The summed E-state index contributed by atoms with van der Waals surface area (Å²) < 4.78 is 19.7. The van der Waals surface area contributed by atoms with Crippen LogP contribution in [0.3, 0.4) is 0 Å². The first-order chi connectivity index (χ1) is 18.5. The van der Waals surface area contributed by atoms with Gasteiger partial charge < -0.3 is 15.4 Å². The van der Waals surface area contributed by atoms with E-state index in [0.29, 0.717) is 37.2 Å². The van der Waals surface area contributed by atoms with Crippen LogP contribution in [0.1, 0.15) is 38.3 Å². The Labute approximate surface area is 221 Å². The van der Waals surface area contributed by atoms with Gasteiger partial charge in [0, 0.05) is 30.3 Å². The summed E-state index contributed by atoms with van der Waals surface area (Å²) in [5, 5.41) is 0. The Bertz CT molecular complexity index is 1420. The molecule has 0 radical (unpaired) electrons. The molecule has 5 rings (SSSR count). The zero-order valence-corrected chi connectivity index (χ0v) is 20.9. The fourth-order valence-corrected chi connectivity index (χ4v) is 5.00. The lowest BCUT2D eigenvalue weighted by Crippen LogP contribution is -2.40. The van der Waals surface area contributed by atoms with E-state index >= 15 is 0 Å². The molecule has 1 aliphatic heterocycles. The number of nitrogens with zero attached hydrogens (tertiary/aromatic N) is 1. The van der Waals surface area contributed by atoms with Crippen LogP contribution in [0.15, 0.2) is 103 Å². The summed E-state index contributed by atoms with van der Waals surface area (Å²) in [4.78, 5) is 28.6. The summed E-state index contributed by atoms with van der Waals surface area (Å²) in [7, 11) is 0. The van der Waals surface area contributed by atoms with Crippen molar-refractivity contribution in [2.75, 3.05) is 13.1 Å². The smallest absolute Gasteiger partial charge is 0.254 e. The van der Waals surface area contributed by atoms with E-state index in [1.807, 2.05) is 30.3 Å². The third kappa shape index (κ3) is 5.42. The highest BCUT2D eigenvalue weighted by molar-refractivity contribution is 6.15. The molecule has 4 aromatic carbocycles. The molecular formula is C32H29FN2O3. The van der Waals surface area contributed by atoms with Crippen LogP contribution >= 0.6 is 0 Å². The van der Waals surface area contributed by atoms with Crippen LogP contribution in [0.2, 0.25) is 0 Å². The van der Waals surface area contributed by atoms with Crippen LogP contribution in [0.5, 0.6) is 0 Å². The molecule has 0 spiro atoms. The summed E-state index contributed by atoms with van der Waals surface area (Å²) in [6.07, 6.45) is 0.431. The average Bonchev–Trinajstić information content (AvgIpc) is 3.40. The molecule has 6 heteroatoms. The Hall–Kier alpha value is -4.13. The molecule has 4 aromatic rings. The molecule has 0 unspecified atom stereocenters. The predicted octanol–water partition coefficient (Wildman–Crippen LogP) is 5.48. The first kappa shape index (κ1) is 25.5. The van der Waals surface area contributed by atoms with Gasteiger partial charge in [0.15, 0.2) is 5.78 Å². The average molecular weight is 509 g/mol. The van der Waals surface area contributed by atoms with Gasteiger partial charge in [-0.2, -0.15) is 0 Å². The standard InChI is InChI=1S/C32H29FN2O3/c33-25-16-14-23(15-17-25)31(36)29-12-6-7-13-30(29)32(37)35-20-27(18-26(35)19-34)38-21-24-10-4-5-11-28(24)22-8-2-1-3-9-22/h1-17,26-27H,18-21,34H2/t26-,27+/m0/s1. The maximum absolute atomic E-state index is 13.7. The Balaban J connectivity index is 1.32. The number of benzene rings is 4. The Kier molecular flexibility index (Phi) is 7.73. The van der Waals surface area contributed by atoms with Gasteiger partial charge in [0.05, 0.1) is 18.3 Å². The van der Waals surface area contributed by atoms with E-state index in [1.165, 1.54) is 24.3 Å². The molecule has 5 nitrogen and oxygen atoms in total. The second-order valence-corrected chi connectivity index (χ2v) is 9.42. The monoisotopic (exact) mass is 508 g/mol. The Morgan fingerprint density at radius 3 is 2.24 bits per heavy atom. The number of likely N-dealkylation sites (tertiary alicyclic amines) is 1. The topological polar surface area (TPSA) is 72.6 Å². The number of carbonyl (C=O) groups is 2. The number of nitrogens with two attached hydrogens (primary N) is 1. The molecule has 1 saturated heterocycles. The summed E-state index contributed by atoms with van der Waals surface area (Å²) in [5.74, 6) is -1.02. The second-order valence-electron chi connectivity index (χ2n) is 9.42. The van der Waals surface area contributed by atoms with E-state index in [0.717, 1.165) is 16.7 Å². The van der Waals surface area contributed by atoms with Crippen molar-refractivity contribution in [2.24, 2.45) is 5.73 Å². The van der Waals surface area contributed by atoms with Crippen molar-refractivity contribution in [2.45, 2.75) is 25.2 Å². The molecule has 1 amide bonds. The van der Waals surface area contributed by atoms with Crippen molar-refractivity contribution in [3.63, 3.8) is 0 Å². The van der Waals surface area contributed by atoms with Gasteiger partial charge in [0.25, 0.3) is 5.91 Å².